The molecule has 5 nitrogen and oxygen atoms in total. The monoisotopic (exact) mass is 262 g/mol. The second-order valence-electron chi connectivity index (χ2n) is 5.99. The fourth-order valence-electron chi connectivity index (χ4n) is 3.39. The lowest BCUT2D eigenvalue weighted by Crippen LogP contribution is -2.49. The summed E-state index contributed by atoms with van der Waals surface area (Å²) >= 11 is 0. The number of H-pyrrole nitrogens is 1. The highest BCUT2D eigenvalue weighted by molar-refractivity contribution is 5.78. The summed E-state index contributed by atoms with van der Waals surface area (Å²) in [4.78, 5) is 14.2. The first-order chi connectivity index (χ1) is 9.11. The fourth-order valence-corrected chi connectivity index (χ4v) is 3.39. The number of fused-ring (bicyclic) bond motifs is 2. The Morgan fingerprint density at radius 2 is 2.11 bits per heavy atom. The summed E-state index contributed by atoms with van der Waals surface area (Å²) in [5.41, 5.74) is 1.84. The Morgan fingerprint density at radius 3 is 2.68 bits per heavy atom. The molecular formula is C14H22N4O. The van der Waals surface area contributed by atoms with E-state index in [2.05, 4.69) is 15.5 Å². The van der Waals surface area contributed by atoms with Gasteiger partial charge in [-0.3, -0.25) is 9.89 Å². The standard InChI is InChI=1S/C14H22N4O/c1-9-5-12(17-16-9)8-14(19)18(2)13-6-10-3-4-11(7-13)15-10/h5,10-11,13,15H,3-4,6-8H2,1-2H3,(H,16,17). The number of rotatable bonds is 3. The molecule has 2 saturated heterocycles. The molecule has 5 heteroatoms. The van der Waals surface area contributed by atoms with E-state index >= 15 is 0 Å². The minimum atomic E-state index is 0.179. The van der Waals surface area contributed by atoms with Crippen molar-refractivity contribution in [3.8, 4) is 0 Å². The van der Waals surface area contributed by atoms with Crippen molar-refractivity contribution in [3.05, 3.63) is 17.5 Å². The van der Waals surface area contributed by atoms with E-state index in [1.54, 1.807) is 0 Å². The molecule has 2 unspecified atom stereocenters. The molecule has 104 valence electrons. The van der Waals surface area contributed by atoms with Gasteiger partial charge in [0.1, 0.15) is 0 Å². The summed E-state index contributed by atoms with van der Waals surface area (Å²) in [5, 5.41) is 10.6. The zero-order valence-electron chi connectivity index (χ0n) is 11.6. The average molecular weight is 262 g/mol. The average Bonchev–Trinajstić information content (AvgIpc) is 2.94. The van der Waals surface area contributed by atoms with Crippen LogP contribution < -0.4 is 5.32 Å². The van der Waals surface area contributed by atoms with Crippen LogP contribution in [0.3, 0.4) is 0 Å². The van der Waals surface area contributed by atoms with Crippen molar-refractivity contribution in [2.45, 2.75) is 57.2 Å². The highest BCUT2D eigenvalue weighted by Crippen LogP contribution is 2.29. The number of piperidine rings is 1. The third-order valence-electron chi connectivity index (χ3n) is 4.48. The number of nitrogens with one attached hydrogen (secondary N) is 2. The number of hydrogen-bond acceptors (Lipinski definition) is 3. The number of amides is 1. The zero-order valence-corrected chi connectivity index (χ0v) is 11.6. The summed E-state index contributed by atoms with van der Waals surface area (Å²) in [6, 6.07) is 3.57. The first-order valence-corrected chi connectivity index (χ1v) is 7.14. The predicted octanol–water partition coefficient (Wildman–Crippen LogP) is 1.00. The van der Waals surface area contributed by atoms with Crippen LogP contribution in [-0.2, 0) is 11.2 Å². The van der Waals surface area contributed by atoms with Crippen LogP contribution in [0.15, 0.2) is 6.07 Å². The van der Waals surface area contributed by atoms with E-state index in [4.69, 9.17) is 0 Å². The Morgan fingerprint density at radius 1 is 1.42 bits per heavy atom. The molecule has 3 rings (SSSR count). The van der Waals surface area contributed by atoms with Crippen LogP contribution in [0.4, 0.5) is 0 Å². The van der Waals surface area contributed by atoms with E-state index in [-0.39, 0.29) is 5.91 Å². The molecule has 2 fully saturated rings. The number of carbonyl (C=O) groups is 1. The van der Waals surface area contributed by atoms with Gasteiger partial charge in [0, 0.05) is 30.9 Å². The molecule has 0 spiro atoms. The summed E-state index contributed by atoms with van der Waals surface area (Å²) in [7, 11) is 1.94. The zero-order chi connectivity index (χ0) is 13.4. The fraction of sp³-hybridized carbons (Fsp3) is 0.714. The Kier molecular flexibility index (Phi) is 3.31. The molecule has 2 N–H and O–H groups in total. The molecule has 2 aliphatic heterocycles. The number of aryl methyl sites for hydroxylation is 1. The molecule has 0 aliphatic carbocycles. The molecule has 3 heterocycles. The molecule has 0 saturated carbocycles. The number of aromatic amines is 1. The van der Waals surface area contributed by atoms with Crippen molar-refractivity contribution in [3.63, 3.8) is 0 Å². The SMILES string of the molecule is Cc1cc(CC(=O)N(C)C2CC3CCC(C2)N3)n[nH]1. The van der Waals surface area contributed by atoms with E-state index < -0.39 is 0 Å². The van der Waals surface area contributed by atoms with Gasteiger partial charge in [-0.25, -0.2) is 0 Å². The molecule has 0 radical (unpaired) electrons. The lowest BCUT2D eigenvalue weighted by molar-refractivity contribution is -0.132. The summed E-state index contributed by atoms with van der Waals surface area (Å²) in [5.74, 6) is 0.179. The third-order valence-corrected chi connectivity index (χ3v) is 4.48. The summed E-state index contributed by atoms with van der Waals surface area (Å²) in [6.45, 7) is 1.95. The Balaban J connectivity index is 1.60. The predicted molar refractivity (Wildman–Crippen MR) is 72.8 cm³/mol. The van der Waals surface area contributed by atoms with Crippen molar-refractivity contribution >= 4 is 5.91 Å². The van der Waals surface area contributed by atoms with Gasteiger partial charge in [0.15, 0.2) is 0 Å². The van der Waals surface area contributed by atoms with Crippen molar-refractivity contribution in [2.24, 2.45) is 0 Å². The minimum absolute atomic E-state index is 0.179. The Labute approximate surface area is 113 Å². The largest absolute Gasteiger partial charge is 0.342 e. The number of nitrogens with zero attached hydrogens (tertiary/aromatic N) is 2. The van der Waals surface area contributed by atoms with Gasteiger partial charge in [-0.15, -0.1) is 0 Å². The third kappa shape index (κ3) is 2.66. The van der Waals surface area contributed by atoms with Gasteiger partial charge in [-0.05, 0) is 38.7 Å². The van der Waals surface area contributed by atoms with Crippen LogP contribution in [0, 0.1) is 6.92 Å². The van der Waals surface area contributed by atoms with Crippen LogP contribution in [0.25, 0.3) is 0 Å². The second kappa shape index (κ2) is 4.96. The highest BCUT2D eigenvalue weighted by Gasteiger charge is 2.36. The van der Waals surface area contributed by atoms with E-state index in [0.717, 1.165) is 24.2 Å². The molecule has 1 aromatic rings. The maximum Gasteiger partial charge on any atom is 0.228 e. The number of hydrogen-bond donors (Lipinski definition) is 2. The highest BCUT2D eigenvalue weighted by atomic mass is 16.2. The van der Waals surface area contributed by atoms with E-state index in [1.165, 1.54) is 12.8 Å². The number of carbonyl (C=O) groups excluding carboxylic acids is 1. The van der Waals surface area contributed by atoms with Gasteiger partial charge in [0.2, 0.25) is 5.91 Å². The van der Waals surface area contributed by atoms with Crippen LogP contribution in [-0.4, -0.2) is 46.2 Å². The molecule has 2 bridgehead atoms. The molecule has 1 amide bonds. The Bertz CT molecular complexity index is 458. The van der Waals surface area contributed by atoms with Gasteiger partial charge in [-0.1, -0.05) is 0 Å². The molecule has 19 heavy (non-hydrogen) atoms. The van der Waals surface area contributed by atoms with Crippen LogP contribution in [0.2, 0.25) is 0 Å². The van der Waals surface area contributed by atoms with E-state index in [0.29, 0.717) is 24.5 Å². The minimum Gasteiger partial charge on any atom is -0.342 e. The van der Waals surface area contributed by atoms with Crippen molar-refractivity contribution in [2.75, 3.05) is 7.05 Å². The van der Waals surface area contributed by atoms with Crippen molar-refractivity contribution < 1.29 is 4.79 Å². The van der Waals surface area contributed by atoms with Gasteiger partial charge >= 0.3 is 0 Å². The smallest absolute Gasteiger partial charge is 0.228 e. The van der Waals surface area contributed by atoms with Gasteiger partial charge < -0.3 is 10.2 Å². The van der Waals surface area contributed by atoms with Gasteiger partial charge in [0.25, 0.3) is 0 Å². The lowest BCUT2D eigenvalue weighted by atomic mass is 9.98. The summed E-state index contributed by atoms with van der Waals surface area (Å²) in [6.07, 6.45) is 5.13. The first kappa shape index (κ1) is 12.7. The van der Waals surface area contributed by atoms with Crippen LogP contribution in [0.5, 0.6) is 0 Å². The number of aromatic nitrogens is 2. The first-order valence-electron chi connectivity index (χ1n) is 7.14. The molecular weight excluding hydrogens is 240 g/mol. The van der Waals surface area contributed by atoms with E-state index in [9.17, 15) is 4.79 Å². The summed E-state index contributed by atoms with van der Waals surface area (Å²) < 4.78 is 0. The van der Waals surface area contributed by atoms with E-state index in [1.807, 2.05) is 24.9 Å². The quantitative estimate of drug-likeness (QED) is 0.854. The topological polar surface area (TPSA) is 61.0 Å². The normalized spacial score (nSPS) is 29.5. The van der Waals surface area contributed by atoms with Crippen molar-refractivity contribution in [1.29, 1.82) is 0 Å². The lowest BCUT2D eigenvalue weighted by Gasteiger charge is -2.35. The molecule has 0 aromatic carbocycles. The Hall–Kier alpha value is -1.36. The maximum absolute atomic E-state index is 12.3. The van der Waals surface area contributed by atoms with Crippen LogP contribution >= 0.6 is 0 Å². The molecule has 2 atom stereocenters. The number of likely N-dealkylation sites (N-methyl/N-ethyl adjacent to an activating group) is 1. The van der Waals surface area contributed by atoms with Crippen LogP contribution in [0.1, 0.15) is 37.1 Å². The van der Waals surface area contributed by atoms with Crippen molar-refractivity contribution in [1.82, 2.24) is 20.4 Å². The molecule has 2 aliphatic rings. The maximum atomic E-state index is 12.3. The van der Waals surface area contributed by atoms with Gasteiger partial charge in [0.05, 0.1) is 12.1 Å². The second-order valence-corrected chi connectivity index (χ2v) is 5.99. The van der Waals surface area contributed by atoms with Gasteiger partial charge in [-0.2, -0.15) is 5.10 Å². The molecule has 1 aromatic heterocycles.